The number of anilines is 2. The summed E-state index contributed by atoms with van der Waals surface area (Å²) in [5.41, 5.74) is 2.22. The molecule has 3 aromatic carbocycles. The molecule has 176 valence electrons. The SMILES string of the molecule is COc1ccc(NC(=O)c2ccccc2-c2ncc(-c3ccccc3F)o2)cc1N1CCCC1=O. The zero-order valence-corrected chi connectivity index (χ0v) is 19.0. The summed E-state index contributed by atoms with van der Waals surface area (Å²) in [6.07, 6.45) is 2.69. The molecule has 0 bridgehead atoms. The van der Waals surface area contributed by atoms with Crippen LogP contribution in [-0.4, -0.2) is 30.5 Å². The van der Waals surface area contributed by atoms with Gasteiger partial charge in [0.05, 0.1) is 30.1 Å². The highest BCUT2D eigenvalue weighted by Gasteiger charge is 2.25. The Bertz CT molecular complexity index is 1420. The largest absolute Gasteiger partial charge is 0.495 e. The maximum absolute atomic E-state index is 14.2. The third kappa shape index (κ3) is 4.38. The molecule has 0 saturated carbocycles. The Labute approximate surface area is 201 Å². The molecule has 0 unspecified atom stereocenters. The van der Waals surface area contributed by atoms with Crippen molar-refractivity contribution in [3.63, 3.8) is 0 Å². The van der Waals surface area contributed by atoms with E-state index in [-0.39, 0.29) is 29.0 Å². The molecule has 0 radical (unpaired) electrons. The fourth-order valence-electron chi connectivity index (χ4n) is 4.13. The van der Waals surface area contributed by atoms with E-state index in [4.69, 9.17) is 9.15 Å². The third-order valence-electron chi connectivity index (χ3n) is 5.85. The Morgan fingerprint density at radius 3 is 2.60 bits per heavy atom. The number of nitrogens with one attached hydrogen (secondary N) is 1. The van der Waals surface area contributed by atoms with Gasteiger partial charge in [-0.25, -0.2) is 9.37 Å². The van der Waals surface area contributed by atoms with Crippen molar-refractivity contribution >= 4 is 23.2 Å². The number of hydrogen-bond donors (Lipinski definition) is 1. The molecule has 5 rings (SSSR count). The quantitative estimate of drug-likeness (QED) is 0.399. The van der Waals surface area contributed by atoms with Crippen molar-refractivity contribution in [1.82, 2.24) is 4.98 Å². The van der Waals surface area contributed by atoms with Crippen LogP contribution < -0.4 is 15.0 Å². The van der Waals surface area contributed by atoms with Gasteiger partial charge in [0.15, 0.2) is 5.76 Å². The van der Waals surface area contributed by atoms with Crippen LogP contribution in [0.5, 0.6) is 5.75 Å². The highest BCUT2D eigenvalue weighted by atomic mass is 19.1. The van der Waals surface area contributed by atoms with Gasteiger partial charge in [-0.3, -0.25) is 9.59 Å². The van der Waals surface area contributed by atoms with Crippen molar-refractivity contribution in [1.29, 1.82) is 0 Å². The first-order valence-corrected chi connectivity index (χ1v) is 11.1. The number of oxazole rings is 1. The summed E-state index contributed by atoms with van der Waals surface area (Å²) < 4.78 is 25.4. The lowest BCUT2D eigenvalue weighted by Crippen LogP contribution is -2.24. The van der Waals surface area contributed by atoms with Gasteiger partial charge in [-0.05, 0) is 48.9 Å². The van der Waals surface area contributed by atoms with Gasteiger partial charge in [-0.15, -0.1) is 0 Å². The van der Waals surface area contributed by atoms with E-state index in [1.807, 2.05) is 0 Å². The van der Waals surface area contributed by atoms with Crippen molar-refractivity contribution in [2.24, 2.45) is 0 Å². The number of rotatable bonds is 6. The molecule has 35 heavy (non-hydrogen) atoms. The standard InChI is InChI=1S/C27H22FN3O4/c1-34-23-13-12-17(15-22(23)31-14-6-11-25(31)32)30-26(33)18-7-2-3-8-19(18)27-29-16-24(35-27)20-9-4-5-10-21(20)28/h2-5,7-10,12-13,15-16H,6,11,14H2,1H3,(H,30,33). The van der Waals surface area contributed by atoms with Crippen LogP contribution in [0.15, 0.2) is 77.3 Å². The summed E-state index contributed by atoms with van der Waals surface area (Å²) in [6, 6.07) is 18.3. The first kappa shape index (κ1) is 22.3. The molecule has 0 atom stereocenters. The average molecular weight is 471 g/mol. The van der Waals surface area contributed by atoms with Crippen molar-refractivity contribution < 1.29 is 23.1 Å². The lowest BCUT2D eigenvalue weighted by molar-refractivity contribution is -0.117. The zero-order chi connectivity index (χ0) is 24.4. The lowest BCUT2D eigenvalue weighted by Gasteiger charge is -2.20. The minimum absolute atomic E-state index is 0.0201. The molecule has 0 spiro atoms. The predicted molar refractivity (Wildman–Crippen MR) is 130 cm³/mol. The maximum atomic E-state index is 14.2. The van der Waals surface area contributed by atoms with Gasteiger partial charge in [0.1, 0.15) is 11.6 Å². The van der Waals surface area contributed by atoms with Gasteiger partial charge in [-0.2, -0.15) is 0 Å². The maximum Gasteiger partial charge on any atom is 0.256 e. The second-order valence-corrected chi connectivity index (χ2v) is 8.04. The van der Waals surface area contributed by atoms with Crippen LogP contribution in [0.2, 0.25) is 0 Å². The number of carbonyl (C=O) groups excluding carboxylic acids is 2. The number of carbonyl (C=O) groups is 2. The van der Waals surface area contributed by atoms with Gasteiger partial charge in [0, 0.05) is 24.2 Å². The number of aromatic nitrogens is 1. The van der Waals surface area contributed by atoms with Crippen molar-refractivity contribution in [2.45, 2.75) is 12.8 Å². The first-order valence-electron chi connectivity index (χ1n) is 11.1. The van der Waals surface area contributed by atoms with Gasteiger partial charge < -0.3 is 19.4 Å². The number of ether oxygens (including phenoxy) is 1. The Balaban J connectivity index is 1.44. The van der Waals surface area contributed by atoms with Gasteiger partial charge in [0.25, 0.3) is 5.91 Å². The molecular formula is C27H22FN3O4. The number of benzene rings is 3. The Hall–Kier alpha value is -4.46. The van der Waals surface area contributed by atoms with E-state index in [0.29, 0.717) is 41.2 Å². The van der Waals surface area contributed by atoms with E-state index in [1.54, 1.807) is 72.7 Å². The molecule has 7 nitrogen and oxygen atoms in total. The molecule has 1 fully saturated rings. The van der Waals surface area contributed by atoms with E-state index in [1.165, 1.54) is 12.3 Å². The minimum atomic E-state index is -0.423. The number of hydrogen-bond acceptors (Lipinski definition) is 5. The van der Waals surface area contributed by atoms with Crippen molar-refractivity contribution in [3.05, 3.63) is 84.3 Å². The van der Waals surface area contributed by atoms with Crippen LogP contribution in [0.4, 0.5) is 15.8 Å². The van der Waals surface area contributed by atoms with Gasteiger partial charge in [0.2, 0.25) is 11.8 Å². The fourth-order valence-corrected chi connectivity index (χ4v) is 4.13. The molecule has 1 aromatic heterocycles. The molecule has 8 heteroatoms. The highest BCUT2D eigenvalue weighted by molar-refractivity contribution is 6.08. The first-order chi connectivity index (χ1) is 17.0. The summed E-state index contributed by atoms with van der Waals surface area (Å²) in [7, 11) is 1.54. The smallest absolute Gasteiger partial charge is 0.256 e. The Morgan fingerprint density at radius 2 is 1.86 bits per heavy atom. The van der Waals surface area contributed by atoms with Crippen LogP contribution in [0.3, 0.4) is 0 Å². The fraction of sp³-hybridized carbons (Fsp3) is 0.148. The average Bonchev–Trinajstić information content (AvgIpc) is 3.53. The normalized spacial score (nSPS) is 13.2. The monoisotopic (exact) mass is 471 g/mol. The molecule has 1 aliphatic rings. The number of nitrogens with zero attached hydrogens (tertiary/aromatic N) is 2. The number of methoxy groups -OCH3 is 1. The summed E-state index contributed by atoms with van der Waals surface area (Å²) >= 11 is 0. The molecule has 4 aromatic rings. The van der Waals surface area contributed by atoms with Crippen LogP contribution >= 0.6 is 0 Å². The molecule has 0 aliphatic carbocycles. The van der Waals surface area contributed by atoms with Crippen LogP contribution in [0, 0.1) is 5.82 Å². The third-order valence-corrected chi connectivity index (χ3v) is 5.85. The van der Waals surface area contributed by atoms with Crippen LogP contribution in [0.25, 0.3) is 22.8 Å². The number of amides is 2. The summed E-state index contributed by atoms with van der Waals surface area (Å²) in [5, 5.41) is 2.88. The van der Waals surface area contributed by atoms with E-state index in [9.17, 15) is 14.0 Å². The molecule has 1 aliphatic heterocycles. The molecule has 2 heterocycles. The van der Waals surface area contributed by atoms with E-state index < -0.39 is 5.82 Å². The van der Waals surface area contributed by atoms with Crippen molar-refractivity contribution in [2.75, 3.05) is 23.9 Å². The molecule has 1 saturated heterocycles. The van der Waals surface area contributed by atoms with E-state index in [0.717, 1.165) is 6.42 Å². The van der Waals surface area contributed by atoms with Crippen LogP contribution in [-0.2, 0) is 4.79 Å². The van der Waals surface area contributed by atoms with E-state index in [2.05, 4.69) is 10.3 Å². The van der Waals surface area contributed by atoms with Gasteiger partial charge in [-0.1, -0.05) is 24.3 Å². The molecule has 2 amide bonds. The topological polar surface area (TPSA) is 84.7 Å². The van der Waals surface area contributed by atoms with Crippen molar-refractivity contribution in [3.8, 4) is 28.5 Å². The predicted octanol–water partition coefficient (Wildman–Crippen LogP) is 5.54. The zero-order valence-electron chi connectivity index (χ0n) is 19.0. The highest BCUT2D eigenvalue weighted by Crippen LogP contribution is 2.35. The molecule has 1 N–H and O–H groups in total. The summed E-state index contributed by atoms with van der Waals surface area (Å²) in [4.78, 5) is 31.4. The Kier molecular flexibility index (Phi) is 6.01. The minimum Gasteiger partial charge on any atom is -0.495 e. The summed E-state index contributed by atoms with van der Waals surface area (Å²) in [5.74, 6) is 0.240. The molecular weight excluding hydrogens is 449 g/mol. The van der Waals surface area contributed by atoms with E-state index >= 15 is 0 Å². The summed E-state index contributed by atoms with van der Waals surface area (Å²) in [6.45, 7) is 0.601. The second-order valence-electron chi connectivity index (χ2n) is 8.04. The Morgan fingerprint density at radius 1 is 1.09 bits per heavy atom. The van der Waals surface area contributed by atoms with Crippen LogP contribution in [0.1, 0.15) is 23.2 Å². The van der Waals surface area contributed by atoms with Gasteiger partial charge >= 0.3 is 0 Å². The second kappa shape index (κ2) is 9.42. The number of halogens is 1. The lowest BCUT2D eigenvalue weighted by atomic mass is 10.1.